The highest BCUT2D eigenvalue weighted by Gasteiger charge is 2.29. The Kier molecular flexibility index (Phi) is 7.57. The summed E-state index contributed by atoms with van der Waals surface area (Å²) in [7, 11) is 2.65. The first-order chi connectivity index (χ1) is 18.4. The number of hydrogen-bond donors (Lipinski definition) is 2. The Balaban J connectivity index is 1.32. The largest absolute Gasteiger partial charge is 0.465 e. The molecular formula is C27H27N3O6S2. The SMILES string of the molecule is COC(=O)c1c(NC(=O)c2ccc(C(=O)Nc3sc4c(c3C(=O)OC)CCCC4)nc2)sc2c1CCCC2. The third-order valence-electron chi connectivity index (χ3n) is 6.83. The molecule has 2 N–H and O–H groups in total. The Morgan fingerprint density at radius 1 is 0.737 bits per heavy atom. The lowest BCUT2D eigenvalue weighted by Crippen LogP contribution is -2.18. The second kappa shape index (κ2) is 11.0. The number of amides is 2. The second-order valence-electron chi connectivity index (χ2n) is 9.15. The number of rotatable bonds is 6. The van der Waals surface area contributed by atoms with E-state index in [2.05, 4.69) is 15.6 Å². The van der Waals surface area contributed by atoms with E-state index in [1.54, 1.807) is 0 Å². The molecule has 0 saturated heterocycles. The van der Waals surface area contributed by atoms with Crippen molar-refractivity contribution in [2.45, 2.75) is 51.4 Å². The van der Waals surface area contributed by atoms with Crippen molar-refractivity contribution in [2.24, 2.45) is 0 Å². The first kappa shape index (κ1) is 26.1. The van der Waals surface area contributed by atoms with Crippen molar-refractivity contribution in [3.63, 3.8) is 0 Å². The Hall–Kier alpha value is -3.57. The van der Waals surface area contributed by atoms with E-state index in [9.17, 15) is 19.2 Å². The van der Waals surface area contributed by atoms with Crippen LogP contribution in [0, 0.1) is 0 Å². The number of carbonyl (C=O) groups is 4. The van der Waals surface area contributed by atoms with Gasteiger partial charge in [-0.2, -0.15) is 0 Å². The van der Waals surface area contributed by atoms with Gasteiger partial charge in [-0.05, 0) is 74.6 Å². The third-order valence-corrected chi connectivity index (χ3v) is 9.25. The Morgan fingerprint density at radius 2 is 1.24 bits per heavy atom. The molecule has 3 aromatic heterocycles. The van der Waals surface area contributed by atoms with Crippen LogP contribution in [0.25, 0.3) is 0 Å². The van der Waals surface area contributed by atoms with E-state index in [0.29, 0.717) is 21.1 Å². The zero-order valence-electron chi connectivity index (χ0n) is 21.1. The van der Waals surface area contributed by atoms with Gasteiger partial charge in [0.15, 0.2) is 0 Å². The van der Waals surface area contributed by atoms with Gasteiger partial charge in [0.25, 0.3) is 11.8 Å². The standard InChI is InChI=1S/C27H27N3O6S2/c1-35-26(33)20-15-7-3-5-9-18(15)37-24(20)29-22(31)14-11-12-17(28-13-14)23(32)30-25-21(27(34)36-2)16-8-4-6-10-19(16)38-25/h11-13H,3-10H2,1-2H3,(H,29,31)(H,30,32). The lowest BCUT2D eigenvalue weighted by Gasteiger charge is -2.12. The van der Waals surface area contributed by atoms with Crippen LogP contribution < -0.4 is 10.6 Å². The van der Waals surface area contributed by atoms with E-state index in [1.165, 1.54) is 55.2 Å². The molecule has 3 heterocycles. The Bertz CT molecular complexity index is 1320. The average Bonchev–Trinajstić information content (AvgIpc) is 3.49. The summed E-state index contributed by atoms with van der Waals surface area (Å²) in [5.41, 5.74) is 3.08. The highest BCUT2D eigenvalue weighted by molar-refractivity contribution is 7.17. The van der Waals surface area contributed by atoms with Crippen LogP contribution in [0.4, 0.5) is 10.0 Å². The van der Waals surface area contributed by atoms with Gasteiger partial charge >= 0.3 is 11.9 Å². The van der Waals surface area contributed by atoms with Crippen LogP contribution in [0.15, 0.2) is 18.3 Å². The van der Waals surface area contributed by atoms with Crippen LogP contribution in [0.5, 0.6) is 0 Å². The molecule has 5 rings (SSSR count). The van der Waals surface area contributed by atoms with Crippen molar-refractivity contribution in [1.82, 2.24) is 4.98 Å². The molecule has 2 aliphatic rings. The smallest absolute Gasteiger partial charge is 0.341 e. The summed E-state index contributed by atoms with van der Waals surface area (Å²) in [6, 6.07) is 2.96. The molecule has 38 heavy (non-hydrogen) atoms. The number of nitrogens with zero attached hydrogens (tertiary/aromatic N) is 1. The van der Waals surface area contributed by atoms with Crippen molar-refractivity contribution in [3.05, 3.63) is 61.6 Å². The van der Waals surface area contributed by atoms with Crippen LogP contribution in [0.1, 0.15) is 88.1 Å². The minimum atomic E-state index is -0.486. The fraction of sp³-hybridized carbons (Fsp3) is 0.370. The molecule has 2 amide bonds. The predicted molar refractivity (Wildman–Crippen MR) is 145 cm³/mol. The number of fused-ring (bicyclic) bond motifs is 2. The molecule has 9 nitrogen and oxygen atoms in total. The number of aromatic nitrogens is 1. The first-order valence-corrected chi connectivity index (χ1v) is 14.1. The summed E-state index contributed by atoms with van der Waals surface area (Å²) in [5, 5.41) is 6.56. The molecule has 198 valence electrons. The predicted octanol–water partition coefficient (Wildman–Crippen LogP) is 5.04. The number of anilines is 2. The maximum Gasteiger partial charge on any atom is 0.341 e. The lowest BCUT2D eigenvalue weighted by molar-refractivity contribution is 0.0591. The van der Waals surface area contributed by atoms with Crippen LogP contribution in [-0.2, 0) is 35.2 Å². The minimum Gasteiger partial charge on any atom is -0.465 e. The molecule has 0 spiro atoms. The Morgan fingerprint density at radius 3 is 1.71 bits per heavy atom. The summed E-state index contributed by atoms with van der Waals surface area (Å²) in [6.07, 6.45) is 8.68. The highest BCUT2D eigenvalue weighted by atomic mass is 32.1. The number of aryl methyl sites for hydroxylation is 2. The number of pyridine rings is 1. The summed E-state index contributed by atoms with van der Waals surface area (Å²) < 4.78 is 9.93. The van der Waals surface area contributed by atoms with Crippen molar-refractivity contribution < 1.29 is 28.7 Å². The molecule has 0 aliphatic heterocycles. The van der Waals surface area contributed by atoms with Crippen LogP contribution in [-0.4, -0.2) is 43.0 Å². The van der Waals surface area contributed by atoms with E-state index < -0.39 is 23.8 Å². The quantitative estimate of drug-likeness (QED) is 0.410. The maximum absolute atomic E-state index is 13.0. The van der Waals surface area contributed by atoms with Crippen LogP contribution in [0.2, 0.25) is 0 Å². The number of ether oxygens (including phenoxy) is 2. The number of esters is 2. The van der Waals surface area contributed by atoms with Crippen molar-refractivity contribution in [3.8, 4) is 0 Å². The summed E-state index contributed by atoms with van der Waals surface area (Å²) >= 11 is 2.79. The van der Waals surface area contributed by atoms with E-state index >= 15 is 0 Å². The maximum atomic E-state index is 13.0. The summed E-state index contributed by atoms with van der Waals surface area (Å²) in [6.45, 7) is 0. The second-order valence-corrected chi connectivity index (χ2v) is 11.4. The van der Waals surface area contributed by atoms with Crippen molar-refractivity contribution >= 4 is 56.4 Å². The van der Waals surface area contributed by atoms with Crippen LogP contribution in [0.3, 0.4) is 0 Å². The molecule has 0 unspecified atom stereocenters. The molecule has 3 aromatic rings. The van der Waals surface area contributed by atoms with Gasteiger partial charge in [0.2, 0.25) is 0 Å². The number of hydrogen-bond acceptors (Lipinski definition) is 9. The molecule has 11 heteroatoms. The lowest BCUT2D eigenvalue weighted by atomic mass is 9.95. The van der Waals surface area contributed by atoms with E-state index in [1.807, 2.05) is 0 Å². The van der Waals surface area contributed by atoms with Gasteiger partial charge < -0.3 is 20.1 Å². The molecule has 2 aliphatic carbocycles. The molecule has 0 radical (unpaired) electrons. The molecule has 0 atom stereocenters. The molecule has 0 aromatic carbocycles. The van der Waals surface area contributed by atoms with Gasteiger partial charge in [-0.25, -0.2) is 9.59 Å². The van der Waals surface area contributed by atoms with Crippen molar-refractivity contribution in [2.75, 3.05) is 24.9 Å². The summed E-state index contributed by atoms with van der Waals surface area (Å²) in [4.78, 5) is 57.2. The van der Waals surface area contributed by atoms with Gasteiger partial charge in [0.05, 0.1) is 30.9 Å². The van der Waals surface area contributed by atoms with Gasteiger partial charge in [0.1, 0.15) is 15.7 Å². The molecule has 0 saturated carbocycles. The number of carbonyl (C=O) groups excluding carboxylic acids is 4. The zero-order valence-corrected chi connectivity index (χ0v) is 22.7. The van der Waals surface area contributed by atoms with E-state index in [-0.39, 0.29) is 11.3 Å². The molecule has 0 fully saturated rings. The minimum absolute atomic E-state index is 0.102. The summed E-state index contributed by atoms with van der Waals surface area (Å²) in [5.74, 6) is -1.86. The molecule has 0 bridgehead atoms. The fourth-order valence-corrected chi connectivity index (χ4v) is 7.49. The fourth-order valence-electron chi connectivity index (χ4n) is 4.95. The normalized spacial score (nSPS) is 14.2. The van der Waals surface area contributed by atoms with Gasteiger partial charge in [-0.1, -0.05) is 0 Å². The number of thiophene rings is 2. The zero-order chi connectivity index (χ0) is 26.8. The monoisotopic (exact) mass is 553 g/mol. The Labute approximate surface area is 227 Å². The molecular weight excluding hydrogens is 526 g/mol. The van der Waals surface area contributed by atoms with Gasteiger partial charge in [-0.3, -0.25) is 14.6 Å². The number of methoxy groups -OCH3 is 2. The van der Waals surface area contributed by atoms with E-state index in [0.717, 1.165) is 72.2 Å². The van der Waals surface area contributed by atoms with Gasteiger partial charge in [-0.15, -0.1) is 22.7 Å². The topological polar surface area (TPSA) is 124 Å². The highest BCUT2D eigenvalue weighted by Crippen LogP contribution is 2.40. The number of nitrogens with one attached hydrogen (secondary N) is 2. The third kappa shape index (κ3) is 4.95. The van der Waals surface area contributed by atoms with Gasteiger partial charge in [0, 0.05) is 16.0 Å². The van der Waals surface area contributed by atoms with Crippen LogP contribution >= 0.6 is 22.7 Å². The van der Waals surface area contributed by atoms with E-state index in [4.69, 9.17) is 9.47 Å². The first-order valence-electron chi connectivity index (χ1n) is 12.5. The average molecular weight is 554 g/mol. The van der Waals surface area contributed by atoms with Crippen molar-refractivity contribution in [1.29, 1.82) is 0 Å².